The summed E-state index contributed by atoms with van der Waals surface area (Å²) in [7, 11) is 1.29. The maximum absolute atomic E-state index is 13.9. The van der Waals surface area contributed by atoms with Gasteiger partial charge in [0, 0.05) is 22.5 Å². The summed E-state index contributed by atoms with van der Waals surface area (Å²) in [5, 5.41) is 3.32. The van der Waals surface area contributed by atoms with Crippen molar-refractivity contribution in [3.05, 3.63) is 52.4 Å². The molecule has 1 aromatic carbocycles. The smallest absolute Gasteiger partial charge is 0.337 e. The fourth-order valence-corrected chi connectivity index (χ4v) is 5.56. The molecule has 2 aliphatic carbocycles. The van der Waals surface area contributed by atoms with E-state index in [2.05, 4.69) is 5.32 Å². The van der Waals surface area contributed by atoms with Crippen molar-refractivity contribution in [2.45, 2.75) is 77.9 Å². The van der Waals surface area contributed by atoms with Gasteiger partial charge in [0.25, 0.3) is 0 Å². The molecule has 4 rings (SSSR count). The largest absolute Gasteiger partial charge is 0.491 e. The van der Waals surface area contributed by atoms with Gasteiger partial charge in [-0.3, -0.25) is 9.59 Å². The van der Waals surface area contributed by atoms with Crippen LogP contribution in [0, 0.1) is 11.8 Å². The van der Waals surface area contributed by atoms with Gasteiger partial charge in [-0.25, -0.2) is 4.79 Å². The third kappa shape index (κ3) is 4.86. The van der Waals surface area contributed by atoms with Crippen LogP contribution in [0.3, 0.4) is 0 Å². The van der Waals surface area contributed by atoms with E-state index in [1.54, 1.807) is 0 Å². The van der Waals surface area contributed by atoms with Crippen molar-refractivity contribution in [1.82, 2.24) is 5.32 Å². The monoisotopic (exact) mass is 481 g/mol. The highest BCUT2D eigenvalue weighted by Crippen LogP contribution is 2.48. The predicted molar refractivity (Wildman–Crippen MR) is 130 cm³/mol. The highest BCUT2D eigenvalue weighted by Gasteiger charge is 2.48. The van der Waals surface area contributed by atoms with Gasteiger partial charge in [-0.2, -0.15) is 0 Å². The van der Waals surface area contributed by atoms with Crippen LogP contribution in [-0.4, -0.2) is 37.0 Å². The van der Waals surface area contributed by atoms with Gasteiger partial charge < -0.3 is 19.5 Å². The number of esters is 2. The van der Waals surface area contributed by atoms with Gasteiger partial charge in [0.15, 0.2) is 5.78 Å². The van der Waals surface area contributed by atoms with Crippen molar-refractivity contribution >= 4 is 17.7 Å². The number of para-hydroxylation sites is 1. The molecule has 1 aliphatic heterocycles. The first-order valence-corrected chi connectivity index (χ1v) is 12.5. The van der Waals surface area contributed by atoms with Gasteiger partial charge in [0.05, 0.1) is 24.7 Å². The molecule has 1 aromatic rings. The van der Waals surface area contributed by atoms with Gasteiger partial charge in [0.2, 0.25) is 0 Å². The Hall–Kier alpha value is -3.09. The number of nitrogens with one attached hydrogen (secondary N) is 1. The molecule has 1 fully saturated rings. The summed E-state index contributed by atoms with van der Waals surface area (Å²) in [6.45, 7) is 7.58. The number of hydrogen-bond acceptors (Lipinski definition) is 7. The number of ether oxygens (including phenoxy) is 3. The Labute approximate surface area is 206 Å². The zero-order chi connectivity index (χ0) is 25.3. The lowest BCUT2D eigenvalue weighted by atomic mass is 9.69. The molecule has 0 saturated heterocycles. The molecule has 0 spiro atoms. The summed E-state index contributed by atoms with van der Waals surface area (Å²) >= 11 is 0. The number of allylic oxidation sites excluding steroid dienone is 3. The summed E-state index contributed by atoms with van der Waals surface area (Å²) in [6, 6.07) is 7.47. The first kappa shape index (κ1) is 25.0. The lowest BCUT2D eigenvalue weighted by molar-refractivity contribution is -0.151. The van der Waals surface area contributed by atoms with Crippen LogP contribution in [0.2, 0.25) is 0 Å². The van der Waals surface area contributed by atoms with E-state index in [1.165, 1.54) is 7.11 Å². The number of dihydropyridines is 1. The van der Waals surface area contributed by atoms with Crippen molar-refractivity contribution in [1.29, 1.82) is 0 Å². The molecule has 7 heteroatoms. The number of rotatable bonds is 6. The van der Waals surface area contributed by atoms with Gasteiger partial charge in [0.1, 0.15) is 17.8 Å². The molecule has 0 aromatic heterocycles. The third-order valence-electron chi connectivity index (χ3n) is 7.13. The van der Waals surface area contributed by atoms with Crippen molar-refractivity contribution < 1.29 is 28.6 Å². The average Bonchev–Trinajstić information content (AvgIpc) is 3.30. The molecule has 1 heterocycles. The SMILES string of the molecule is COC(=O)[C@@H]1C(=O)C2=C(C[C@H]1C)NC(C)=C(C(=O)OC1CCCC1)[C@@H]2c1ccccc1OC(C)C. The second-order valence-electron chi connectivity index (χ2n) is 10.1. The molecule has 35 heavy (non-hydrogen) atoms. The van der Waals surface area contributed by atoms with E-state index in [0.29, 0.717) is 34.6 Å². The fraction of sp³-hybridized carbons (Fsp3) is 0.536. The van der Waals surface area contributed by atoms with E-state index < -0.39 is 23.8 Å². The van der Waals surface area contributed by atoms with Gasteiger partial charge in [-0.05, 0) is 64.9 Å². The molecule has 3 aliphatic rings. The van der Waals surface area contributed by atoms with Crippen molar-refractivity contribution in [3.8, 4) is 5.75 Å². The number of carbonyl (C=O) groups is 3. The number of benzene rings is 1. The quantitative estimate of drug-likeness (QED) is 0.470. The van der Waals surface area contributed by atoms with Crippen LogP contribution in [0.25, 0.3) is 0 Å². The summed E-state index contributed by atoms with van der Waals surface area (Å²) in [5.74, 6) is -2.57. The van der Waals surface area contributed by atoms with Crippen LogP contribution in [0.4, 0.5) is 0 Å². The number of ketones is 1. The molecule has 3 atom stereocenters. The Bertz CT molecular complexity index is 1080. The topological polar surface area (TPSA) is 90.9 Å². The Morgan fingerprint density at radius 1 is 1.11 bits per heavy atom. The van der Waals surface area contributed by atoms with E-state index in [0.717, 1.165) is 31.4 Å². The maximum Gasteiger partial charge on any atom is 0.337 e. The van der Waals surface area contributed by atoms with Crippen LogP contribution in [0.1, 0.15) is 71.3 Å². The molecule has 188 valence electrons. The summed E-state index contributed by atoms with van der Waals surface area (Å²) < 4.78 is 17.0. The predicted octanol–water partition coefficient (Wildman–Crippen LogP) is 4.57. The third-order valence-corrected chi connectivity index (χ3v) is 7.13. The fourth-order valence-electron chi connectivity index (χ4n) is 5.56. The highest BCUT2D eigenvalue weighted by atomic mass is 16.5. The first-order chi connectivity index (χ1) is 16.7. The molecular formula is C28H35NO6. The Kier molecular flexibility index (Phi) is 7.33. The lowest BCUT2D eigenvalue weighted by Gasteiger charge is -2.38. The maximum atomic E-state index is 13.9. The summed E-state index contributed by atoms with van der Waals surface area (Å²) in [4.78, 5) is 40.1. The molecule has 0 bridgehead atoms. The zero-order valence-corrected chi connectivity index (χ0v) is 21.2. The van der Waals surface area contributed by atoms with Crippen LogP contribution >= 0.6 is 0 Å². The number of carbonyl (C=O) groups excluding carboxylic acids is 3. The van der Waals surface area contributed by atoms with Crippen LogP contribution in [0.5, 0.6) is 5.75 Å². The molecule has 0 unspecified atom stereocenters. The van der Waals surface area contributed by atoms with Crippen LogP contribution in [-0.2, 0) is 23.9 Å². The standard InChI is InChI=1S/C28H35NO6/c1-15(2)34-21-13-9-8-12-19(21)24-23(28(32)35-18-10-6-7-11-18)17(4)29-20-14-16(3)22(27(31)33-5)26(30)25(20)24/h8-9,12-13,15-16,18,22,24,29H,6-7,10-11,14H2,1-5H3/t16-,22+,24+/m1/s1. The molecule has 7 nitrogen and oxygen atoms in total. The molecule has 0 amide bonds. The molecular weight excluding hydrogens is 446 g/mol. The normalized spacial score (nSPS) is 24.9. The van der Waals surface area contributed by atoms with E-state index >= 15 is 0 Å². The van der Waals surface area contributed by atoms with E-state index in [-0.39, 0.29) is 23.9 Å². The van der Waals surface area contributed by atoms with Crippen LogP contribution in [0.15, 0.2) is 46.8 Å². The van der Waals surface area contributed by atoms with E-state index in [1.807, 2.05) is 52.0 Å². The highest BCUT2D eigenvalue weighted by molar-refractivity contribution is 6.12. The first-order valence-electron chi connectivity index (χ1n) is 12.5. The number of methoxy groups -OCH3 is 1. The minimum atomic E-state index is -0.924. The van der Waals surface area contributed by atoms with Gasteiger partial charge in [-0.1, -0.05) is 25.1 Å². The summed E-state index contributed by atoms with van der Waals surface area (Å²) in [6.07, 6.45) is 4.04. The van der Waals surface area contributed by atoms with E-state index in [9.17, 15) is 14.4 Å². The zero-order valence-electron chi connectivity index (χ0n) is 21.2. The Morgan fingerprint density at radius 3 is 2.46 bits per heavy atom. The molecule has 1 N–H and O–H groups in total. The minimum absolute atomic E-state index is 0.102. The van der Waals surface area contributed by atoms with Crippen molar-refractivity contribution in [2.24, 2.45) is 11.8 Å². The van der Waals surface area contributed by atoms with E-state index in [4.69, 9.17) is 14.2 Å². The lowest BCUT2D eigenvalue weighted by Crippen LogP contribution is -2.43. The average molecular weight is 482 g/mol. The Morgan fingerprint density at radius 2 is 1.80 bits per heavy atom. The van der Waals surface area contributed by atoms with Crippen LogP contribution < -0.4 is 10.1 Å². The molecule has 0 radical (unpaired) electrons. The Balaban J connectivity index is 1.85. The number of Topliss-reactive ketones (excluding diaryl/α,β-unsaturated/α-hetero) is 1. The molecule has 1 saturated carbocycles. The van der Waals surface area contributed by atoms with Gasteiger partial charge in [-0.15, -0.1) is 0 Å². The second kappa shape index (κ2) is 10.3. The minimum Gasteiger partial charge on any atom is -0.491 e. The summed E-state index contributed by atoms with van der Waals surface area (Å²) in [5.41, 5.74) is 2.92. The van der Waals surface area contributed by atoms with Crippen molar-refractivity contribution in [2.75, 3.05) is 7.11 Å². The van der Waals surface area contributed by atoms with Gasteiger partial charge >= 0.3 is 11.9 Å². The second-order valence-corrected chi connectivity index (χ2v) is 10.1. The number of hydrogen-bond donors (Lipinski definition) is 1. The van der Waals surface area contributed by atoms with Crippen molar-refractivity contribution in [3.63, 3.8) is 0 Å².